The fourth-order valence-corrected chi connectivity index (χ4v) is 3.79. The Morgan fingerprint density at radius 2 is 1.76 bits per heavy atom. The van der Waals surface area contributed by atoms with Crippen LogP contribution in [0.5, 0.6) is 0 Å². The van der Waals surface area contributed by atoms with Gasteiger partial charge in [-0.15, -0.1) is 11.8 Å². The molecule has 0 bridgehead atoms. The number of aliphatic carboxylic acids is 1. The van der Waals surface area contributed by atoms with Crippen molar-refractivity contribution in [3.05, 3.63) is 60.2 Å². The summed E-state index contributed by atoms with van der Waals surface area (Å²) in [6.45, 7) is 0. The van der Waals surface area contributed by atoms with Gasteiger partial charge in [-0.1, -0.05) is 42.5 Å². The van der Waals surface area contributed by atoms with Crippen molar-refractivity contribution in [3.8, 4) is 0 Å². The van der Waals surface area contributed by atoms with Crippen LogP contribution in [-0.2, 0) is 14.3 Å². The van der Waals surface area contributed by atoms with Crippen molar-refractivity contribution in [3.63, 3.8) is 0 Å². The number of carboxylic acids is 1. The zero-order valence-electron chi connectivity index (χ0n) is 11.1. The summed E-state index contributed by atoms with van der Waals surface area (Å²) in [6.07, 6.45) is -0.262. The van der Waals surface area contributed by atoms with E-state index in [1.165, 1.54) is 11.8 Å². The van der Waals surface area contributed by atoms with E-state index in [9.17, 15) is 14.7 Å². The Morgan fingerprint density at radius 1 is 1.10 bits per heavy atom. The van der Waals surface area contributed by atoms with E-state index in [0.29, 0.717) is 5.56 Å². The SMILES string of the molecule is O=C(O)CC1(c2ccccc2)Sc2ccccc2NC1=O. The van der Waals surface area contributed by atoms with Gasteiger partial charge in [0.25, 0.3) is 0 Å². The number of thioether (sulfide) groups is 1. The Morgan fingerprint density at radius 3 is 2.48 bits per heavy atom. The van der Waals surface area contributed by atoms with Gasteiger partial charge < -0.3 is 10.4 Å². The third-order valence-electron chi connectivity index (χ3n) is 3.43. The van der Waals surface area contributed by atoms with E-state index in [4.69, 9.17) is 0 Å². The fraction of sp³-hybridized carbons (Fsp3) is 0.125. The number of carbonyl (C=O) groups is 2. The number of amides is 1. The van der Waals surface area contributed by atoms with Crippen molar-refractivity contribution in [1.29, 1.82) is 0 Å². The minimum Gasteiger partial charge on any atom is -0.481 e. The highest BCUT2D eigenvalue weighted by atomic mass is 32.2. The van der Waals surface area contributed by atoms with E-state index in [2.05, 4.69) is 5.32 Å². The number of hydrogen-bond acceptors (Lipinski definition) is 3. The summed E-state index contributed by atoms with van der Waals surface area (Å²) in [4.78, 5) is 24.8. The lowest BCUT2D eigenvalue weighted by molar-refractivity contribution is -0.139. The van der Waals surface area contributed by atoms with Gasteiger partial charge in [0.05, 0.1) is 12.1 Å². The summed E-state index contributed by atoms with van der Waals surface area (Å²) in [5.41, 5.74) is 1.42. The van der Waals surface area contributed by atoms with E-state index >= 15 is 0 Å². The molecule has 2 aromatic carbocycles. The molecule has 0 aliphatic carbocycles. The summed E-state index contributed by atoms with van der Waals surface area (Å²) < 4.78 is -1.14. The van der Waals surface area contributed by atoms with Gasteiger partial charge in [-0.2, -0.15) is 0 Å². The molecule has 0 radical (unpaired) electrons. The number of anilines is 1. The molecule has 1 heterocycles. The highest BCUT2D eigenvalue weighted by molar-refractivity contribution is 8.01. The number of nitrogens with one attached hydrogen (secondary N) is 1. The van der Waals surface area contributed by atoms with Gasteiger partial charge in [-0.25, -0.2) is 0 Å². The summed E-state index contributed by atoms with van der Waals surface area (Å²) in [5, 5.41) is 12.1. The molecule has 0 saturated heterocycles. The number of rotatable bonds is 3. The van der Waals surface area contributed by atoms with Crippen molar-refractivity contribution < 1.29 is 14.7 Å². The average Bonchev–Trinajstić information content (AvgIpc) is 2.48. The Balaban J connectivity index is 2.13. The number of benzene rings is 2. The van der Waals surface area contributed by atoms with E-state index in [1.54, 1.807) is 12.1 Å². The Kier molecular flexibility index (Phi) is 3.43. The van der Waals surface area contributed by atoms with Gasteiger partial charge in [0.15, 0.2) is 0 Å². The maximum atomic E-state index is 12.6. The van der Waals surface area contributed by atoms with Crippen molar-refractivity contribution in [2.45, 2.75) is 16.1 Å². The van der Waals surface area contributed by atoms with Crippen LogP contribution in [0.4, 0.5) is 5.69 Å². The molecule has 1 aliphatic rings. The number of para-hydroxylation sites is 1. The molecule has 21 heavy (non-hydrogen) atoms. The maximum absolute atomic E-state index is 12.6. The number of hydrogen-bond donors (Lipinski definition) is 2. The van der Waals surface area contributed by atoms with Crippen LogP contribution in [0.2, 0.25) is 0 Å². The molecule has 4 nitrogen and oxygen atoms in total. The first kappa shape index (κ1) is 13.7. The predicted octanol–water partition coefficient (Wildman–Crippen LogP) is 3.10. The molecule has 1 amide bonds. The second-order valence-electron chi connectivity index (χ2n) is 4.82. The predicted molar refractivity (Wildman–Crippen MR) is 81.3 cm³/mol. The maximum Gasteiger partial charge on any atom is 0.305 e. The first-order valence-corrected chi connectivity index (χ1v) is 7.30. The van der Waals surface area contributed by atoms with Crippen LogP contribution in [0.15, 0.2) is 59.5 Å². The van der Waals surface area contributed by atoms with Gasteiger partial charge >= 0.3 is 5.97 Å². The fourth-order valence-electron chi connectivity index (χ4n) is 2.45. The summed E-state index contributed by atoms with van der Waals surface area (Å²) >= 11 is 1.30. The monoisotopic (exact) mass is 299 g/mol. The largest absolute Gasteiger partial charge is 0.481 e. The van der Waals surface area contributed by atoms with E-state index in [-0.39, 0.29) is 12.3 Å². The summed E-state index contributed by atoms with van der Waals surface area (Å²) in [5.74, 6) is -1.29. The van der Waals surface area contributed by atoms with Gasteiger partial charge in [0, 0.05) is 4.90 Å². The van der Waals surface area contributed by atoms with Crippen molar-refractivity contribution in [2.24, 2.45) is 0 Å². The molecule has 106 valence electrons. The molecule has 3 rings (SSSR count). The zero-order chi connectivity index (χ0) is 14.9. The number of fused-ring (bicyclic) bond motifs is 1. The number of carboxylic acid groups (broad SMARTS) is 1. The molecular weight excluding hydrogens is 286 g/mol. The first-order chi connectivity index (χ1) is 10.1. The summed E-state index contributed by atoms with van der Waals surface area (Å²) in [6, 6.07) is 16.5. The van der Waals surface area contributed by atoms with Crippen LogP contribution >= 0.6 is 11.8 Å². The summed E-state index contributed by atoms with van der Waals surface area (Å²) in [7, 11) is 0. The Labute approximate surface area is 126 Å². The van der Waals surface area contributed by atoms with Crippen molar-refractivity contribution >= 4 is 29.3 Å². The molecule has 0 aromatic heterocycles. The molecule has 2 aromatic rings. The van der Waals surface area contributed by atoms with Crippen LogP contribution < -0.4 is 5.32 Å². The van der Waals surface area contributed by atoms with Crippen LogP contribution in [0.1, 0.15) is 12.0 Å². The number of carbonyl (C=O) groups excluding carboxylic acids is 1. The van der Waals surface area contributed by atoms with E-state index < -0.39 is 10.7 Å². The second kappa shape index (κ2) is 5.26. The van der Waals surface area contributed by atoms with E-state index in [0.717, 1.165) is 10.6 Å². The normalized spacial score (nSPS) is 20.5. The lowest BCUT2D eigenvalue weighted by atomic mass is 9.93. The molecule has 1 aliphatic heterocycles. The quantitative estimate of drug-likeness (QED) is 0.914. The average molecular weight is 299 g/mol. The lowest BCUT2D eigenvalue weighted by Crippen LogP contribution is -2.41. The standard InChI is InChI=1S/C16H13NO3S/c18-14(19)10-16(11-6-2-1-3-7-11)15(20)17-12-8-4-5-9-13(12)21-16/h1-9H,10H2,(H,17,20)(H,18,19). The minimum absolute atomic E-state index is 0.262. The van der Waals surface area contributed by atoms with Gasteiger partial charge in [0.1, 0.15) is 4.75 Å². The van der Waals surface area contributed by atoms with Gasteiger partial charge in [-0.05, 0) is 17.7 Å². The molecule has 5 heteroatoms. The van der Waals surface area contributed by atoms with Crippen molar-refractivity contribution in [1.82, 2.24) is 0 Å². The minimum atomic E-state index is -1.14. The van der Waals surface area contributed by atoms with Crippen LogP contribution in [0.25, 0.3) is 0 Å². The molecule has 0 spiro atoms. The second-order valence-corrected chi connectivity index (χ2v) is 6.16. The molecular formula is C16H13NO3S. The molecule has 1 unspecified atom stereocenters. The highest BCUT2D eigenvalue weighted by Crippen LogP contribution is 2.50. The van der Waals surface area contributed by atoms with Crippen molar-refractivity contribution in [2.75, 3.05) is 5.32 Å². The molecule has 1 atom stereocenters. The lowest BCUT2D eigenvalue weighted by Gasteiger charge is -2.35. The molecule has 0 fully saturated rings. The van der Waals surface area contributed by atoms with E-state index in [1.807, 2.05) is 42.5 Å². The molecule has 2 N–H and O–H groups in total. The first-order valence-electron chi connectivity index (χ1n) is 6.49. The van der Waals surface area contributed by atoms with Gasteiger partial charge in [-0.3, -0.25) is 9.59 Å². The highest BCUT2D eigenvalue weighted by Gasteiger charge is 2.46. The Hall–Kier alpha value is -2.27. The topological polar surface area (TPSA) is 66.4 Å². The van der Waals surface area contributed by atoms with Gasteiger partial charge in [0.2, 0.25) is 5.91 Å². The van der Waals surface area contributed by atoms with Crippen LogP contribution in [0.3, 0.4) is 0 Å². The third kappa shape index (κ3) is 2.40. The smallest absolute Gasteiger partial charge is 0.305 e. The van der Waals surface area contributed by atoms with Crippen LogP contribution in [0, 0.1) is 0 Å². The Bertz CT molecular complexity index is 702. The zero-order valence-corrected chi connectivity index (χ0v) is 11.9. The molecule has 0 saturated carbocycles. The third-order valence-corrected chi connectivity index (χ3v) is 4.92. The van der Waals surface area contributed by atoms with Crippen LogP contribution in [-0.4, -0.2) is 17.0 Å².